The molecule has 106 valence electrons. The van der Waals surface area contributed by atoms with E-state index in [2.05, 4.69) is 36.8 Å². The number of aromatic nitrogens is 1. The van der Waals surface area contributed by atoms with Crippen LogP contribution in [0.2, 0.25) is 5.02 Å². The number of hydrogen-bond acceptors (Lipinski definition) is 2. The first-order valence-corrected chi connectivity index (χ1v) is 8.54. The average Bonchev–Trinajstić information content (AvgIpc) is 2.52. The summed E-state index contributed by atoms with van der Waals surface area (Å²) < 4.78 is 7.07. The van der Waals surface area contributed by atoms with E-state index in [1.54, 1.807) is 6.20 Å². The van der Waals surface area contributed by atoms with Gasteiger partial charge < -0.3 is 4.74 Å². The molecule has 0 aliphatic carbocycles. The van der Waals surface area contributed by atoms with Crippen LogP contribution in [0.3, 0.4) is 0 Å². The molecule has 5 heteroatoms. The number of pyridine rings is 1. The lowest BCUT2D eigenvalue weighted by Crippen LogP contribution is -1.92. The van der Waals surface area contributed by atoms with Crippen molar-refractivity contribution in [2.75, 3.05) is 0 Å². The van der Waals surface area contributed by atoms with Crippen molar-refractivity contribution in [2.45, 2.75) is 5.33 Å². The molecule has 0 bridgehead atoms. The number of rotatable bonds is 3. The highest BCUT2D eigenvalue weighted by Gasteiger charge is 2.10. The molecule has 3 rings (SSSR count). The van der Waals surface area contributed by atoms with Crippen LogP contribution in [-0.2, 0) is 5.33 Å². The predicted octanol–water partition coefficient (Wildman–Crippen LogP) is 6.34. The number of alkyl halides is 1. The van der Waals surface area contributed by atoms with Gasteiger partial charge in [0.25, 0.3) is 0 Å². The molecule has 0 fully saturated rings. The molecule has 0 saturated heterocycles. The summed E-state index contributed by atoms with van der Waals surface area (Å²) in [5, 5.41) is 2.26. The van der Waals surface area contributed by atoms with Gasteiger partial charge in [-0.3, -0.25) is 4.98 Å². The van der Waals surface area contributed by atoms with E-state index in [4.69, 9.17) is 16.3 Å². The second kappa shape index (κ2) is 6.34. The van der Waals surface area contributed by atoms with Crippen LogP contribution in [0.5, 0.6) is 11.5 Å². The summed E-state index contributed by atoms with van der Waals surface area (Å²) in [6.07, 6.45) is 1.73. The Hall–Kier alpha value is -1.10. The first-order chi connectivity index (χ1) is 10.2. The predicted molar refractivity (Wildman–Crippen MR) is 93.6 cm³/mol. The number of hydrogen-bond donors (Lipinski definition) is 0. The van der Waals surface area contributed by atoms with Gasteiger partial charge in [-0.2, -0.15) is 0 Å². The van der Waals surface area contributed by atoms with Gasteiger partial charge in [0, 0.05) is 26.9 Å². The standard InChI is InChI=1S/C16H10Br2ClNO/c17-9-10-8-11(18)3-5-14(10)21-15-6-4-13(19)12-2-1-7-20-16(12)15/h1-8H,9H2. The summed E-state index contributed by atoms with van der Waals surface area (Å²) >= 11 is 13.1. The van der Waals surface area contributed by atoms with Crippen LogP contribution in [0.4, 0.5) is 0 Å². The highest BCUT2D eigenvalue weighted by Crippen LogP contribution is 2.35. The summed E-state index contributed by atoms with van der Waals surface area (Å²) in [6, 6.07) is 13.4. The number of halogens is 3. The second-order valence-electron chi connectivity index (χ2n) is 4.43. The van der Waals surface area contributed by atoms with E-state index in [9.17, 15) is 0 Å². The molecular weight excluding hydrogens is 417 g/mol. The van der Waals surface area contributed by atoms with Crippen LogP contribution < -0.4 is 4.74 Å². The van der Waals surface area contributed by atoms with Crippen molar-refractivity contribution in [2.24, 2.45) is 0 Å². The minimum atomic E-state index is 0.668. The van der Waals surface area contributed by atoms with E-state index in [-0.39, 0.29) is 0 Å². The zero-order valence-electron chi connectivity index (χ0n) is 10.8. The first kappa shape index (κ1) is 14.8. The molecule has 0 atom stereocenters. The van der Waals surface area contributed by atoms with Crippen molar-refractivity contribution in [3.63, 3.8) is 0 Å². The van der Waals surface area contributed by atoms with Gasteiger partial charge in [0.05, 0.1) is 5.02 Å². The Kier molecular flexibility index (Phi) is 4.48. The number of benzene rings is 2. The molecule has 21 heavy (non-hydrogen) atoms. The highest BCUT2D eigenvalue weighted by molar-refractivity contribution is 9.10. The molecule has 0 spiro atoms. The van der Waals surface area contributed by atoms with E-state index in [0.717, 1.165) is 26.7 Å². The fourth-order valence-electron chi connectivity index (χ4n) is 2.06. The maximum Gasteiger partial charge on any atom is 0.153 e. The summed E-state index contributed by atoms with van der Waals surface area (Å²) in [7, 11) is 0. The summed E-state index contributed by atoms with van der Waals surface area (Å²) in [4.78, 5) is 4.38. The molecule has 0 aliphatic heterocycles. The Balaban J connectivity index is 2.09. The zero-order valence-corrected chi connectivity index (χ0v) is 14.7. The lowest BCUT2D eigenvalue weighted by molar-refractivity contribution is 0.483. The molecule has 3 aromatic rings. The largest absolute Gasteiger partial charge is 0.455 e. The first-order valence-electron chi connectivity index (χ1n) is 6.24. The van der Waals surface area contributed by atoms with E-state index in [0.29, 0.717) is 16.1 Å². The second-order valence-corrected chi connectivity index (χ2v) is 6.32. The molecule has 2 aromatic carbocycles. The molecule has 0 aliphatic rings. The maximum atomic E-state index is 6.20. The summed E-state index contributed by atoms with van der Waals surface area (Å²) in [5.74, 6) is 1.49. The Morgan fingerprint density at radius 2 is 1.90 bits per heavy atom. The third-order valence-corrected chi connectivity index (χ3v) is 4.49. The fraction of sp³-hybridized carbons (Fsp3) is 0.0625. The van der Waals surface area contributed by atoms with Crippen LogP contribution >= 0.6 is 43.5 Å². The van der Waals surface area contributed by atoms with Gasteiger partial charge in [-0.15, -0.1) is 0 Å². The van der Waals surface area contributed by atoms with Gasteiger partial charge in [-0.05, 0) is 42.5 Å². The quantitative estimate of drug-likeness (QED) is 0.455. The molecule has 0 amide bonds. The maximum absolute atomic E-state index is 6.20. The third-order valence-electron chi connectivity index (χ3n) is 3.07. The van der Waals surface area contributed by atoms with Crippen LogP contribution in [0.1, 0.15) is 5.56 Å². The molecule has 2 nitrogen and oxygen atoms in total. The molecular formula is C16H10Br2ClNO. The van der Waals surface area contributed by atoms with Crippen molar-refractivity contribution in [3.05, 3.63) is 63.7 Å². The van der Waals surface area contributed by atoms with Gasteiger partial charge in [0.2, 0.25) is 0 Å². The van der Waals surface area contributed by atoms with Crippen LogP contribution in [0, 0.1) is 0 Å². The Bertz CT molecular complexity index is 807. The fourth-order valence-corrected chi connectivity index (χ4v) is 3.13. The Morgan fingerprint density at radius 1 is 1.10 bits per heavy atom. The molecule has 0 N–H and O–H groups in total. The van der Waals surface area contributed by atoms with E-state index in [1.165, 1.54) is 0 Å². The molecule has 1 aromatic heterocycles. The SMILES string of the molecule is Clc1ccc(Oc2ccc(Br)cc2CBr)c2ncccc12. The number of ether oxygens (including phenoxy) is 1. The minimum absolute atomic E-state index is 0.668. The Labute approximate surface area is 144 Å². The van der Waals surface area contributed by atoms with Crippen molar-refractivity contribution in [3.8, 4) is 11.5 Å². The van der Waals surface area contributed by atoms with Crippen molar-refractivity contribution in [1.29, 1.82) is 0 Å². The molecule has 0 unspecified atom stereocenters. The van der Waals surface area contributed by atoms with E-state index >= 15 is 0 Å². The lowest BCUT2D eigenvalue weighted by atomic mass is 10.2. The Morgan fingerprint density at radius 3 is 2.71 bits per heavy atom. The van der Waals surface area contributed by atoms with Crippen LogP contribution in [-0.4, -0.2) is 4.98 Å². The molecule has 1 heterocycles. The van der Waals surface area contributed by atoms with Crippen LogP contribution in [0.15, 0.2) is 53.1 Å². The number of nitrogens with zero attached hydrogens (tertiary/aromatic N) is 1. The van der Waals surface area contributed by atoms with Gasteiger partial charge in [0.15, 0.2) is 5.75 Å². The molecule has 0 saturated carbocycles. The van der Waals surface area contributed by atoms with Gasteiger partial charge in [-0.25, -0.2) is 0 Å². The lowest BCUT2D eigenvalue weighted by Gasteiger charge is -2.12. The highest BCUT2D eigenvalue weighted by atomic mass is 79.9. The van der Waals surface area contributed by atoms with Gasteiger partial charge in [0.1, 0.15) is 11.3 Å². The summed E-state index contributed by atoms with van der Waals surface area (Å²) in [6.45, 7) is 0. The molecule has 0 radical (unpaired) electrons. The topological polar surface area (TPSA) is 22.1 Å². The van der Waals surface area contributed by atoms with Crippen molar-refractivity contribution < 1.29 is 4.74 Å². The van der Waals surface area contributed by atoms with Crippen molar-refractivity contribution >= 4 is 54.4 Å². The smallest absolute Gasteiger partial charge is 0.153 e. The van der Waals surface area contributed by atoms with Crippen LogP contribution in [0.25, 0.3) is 10.9 Å². The van der Waals surface area contributed by atoms with Gasteiger partial charge >= 0.3 is 0 Å². The minimum Gasteiger partial charge on any atom is -0.455 e. The normalized spacial score (nSPS) is 10.8. The van der Waals surface area contributed by atoms with Gasteiger partial charge in [-0.1, -0.05) is 43.5 Å². The van der Waals surface area contributed by atoms with Crippen molar-refractivity contribution in [1.82, 2.24) is 4.98 Å². The van der Waals surface area contributed by atoms with E-state index < -0.39 is 0 Å². The van der Waals surface area contributed by atoms with E-state index in [1.807, 2.05) is 42.5 Å². The summed E-state index contributed by atoms with van der Waals surface area (Å²) in [5.41, 5.74) is 1.82. The number of fused-ring (bicyclic) bond motifs is 1. The third kappa shape index (κ3) is 3.07. The average molecular weight is 428 g/mol. The monoisotopic (exact) mass is 425 g/mol. The zero-order chi connectivity index (χ0) is 14.8.